The van der Waals surface area contributed by atoms with Gasteiger partial charge < -0.3 is 20.1 Å². The molecule has 2 N–H and O–H groups in total. The van der Waals surface area contributed by atoms with Gasteiger partial charge in [-0.2, -0.15) is 0 Å². The summed E-state index contributed by atoms with van der Waals surface area (Å²) in [4.78, 5) is 8.89. The van der Waals surface area contributed by atoms with Crippen molar-refractivity contribution in [2.75, 3.05) is 46.9 Å². The fraction of sp³-hybridized carbons (Fsp3) is 0.528. The highest BCUT2D eigenvalue weighted by atomic mass is 16.5. The number of hydrogen-bond acceptors (Lipinski definition) is 5. The van der Waals surface area contributed by atoms with E-state index in [0.717, 1.165) is 88.6 Å². The first kappa shape index (κ1) is 33.4. The van der Waals surface area contributed by atoms with Gasteiger partial charge in [-0.3, -0.25) is 9.80 Å². The summed E-state index contributed by atoms with van der Waals surface area (Å²) in [6.45, 7) is 26.7. The Labute approximate surface area is 255 Å². The second kappa shape index (κ2) is 15.9. The molecule has 2 aliphatic heterocycles. The molecule has 6 heteroatoms. The van der Waals surface area contributed by atoms with Gasteiger partial charge in [0, 0.05) is 45.4 Å². The number of rotatable bonds is 11. The first-order valence-electron chi connectivity index (χ1n) is 15.2. The van der Waals surface area contributed by atoms with Gasteiger partial charge in [0.2, 0.25) is 5.54 Å². The molecule has 0 atom stereocenters. The minimum Gasteiger partial charge on any atom is -0.497 e. The van der Waals surface area contributed by atoms with Crippen molar-refractivity contribution >= 4 is 0 Å². The number of methoxy groups -OCH3 is 2. The monoisotopic (exact) mass is 572 g/mol. The third kappa shape index (κ3) is 10.0. The van der Waals surface area contributed by atoms with Crippen LogP contribution in [-0.4, -0.2) is 62.3 Å². The SMILES string of the molecule is C=C(C)CC1(CN)CCN(Cc2ccc(OC)cc2)CC1.[C-]#[N+]C1(CC(=C)C)CCN(Cc2ccc(OC)cc2)CC1. The Morgan fingerprint density at radius 2 is 1.17 bits per heavy atom. The Kier molecular flexibility index (Phi) is 12.7. The van der Waals surface area contributed by atoms with Gasteiger partial charge in [0.05, 0.1) is 14.2 Å². The van der Waals surface area contributed by atoms with Crippen LogP contribution in [0.25, 0.3) is 4.85 Å². The summed E-state index contributed by atoms with van der Waals surface area (Å²) in [7, 11) is 3.39. The minimum absolute atomic E-state index is 0.206. The predicted molar refractivity (Wildman–Crippen MR) is 175 cm³/mol. The molecule has 2 heterocycles. The van der Waals surface area contributed by atoms with Crippen molar-refractivity contribution in [3.8, 4) is 11.5 Å². The van der Waals surface area contributed by atoms with Crippen LogP contribution in [0, 0.1) is 12.0 Å². The van der Waals surface area contributed by atoms with Crippen LogP contribution in [-0.2, 0) is 13.1 Å². The first-order chi connectivity index (χ1) is 20.1. The summed E-state index contributed by atoms with van der Waals surface area (Å²) >= 11 is 0. The fourth-order valence-electron chi connectivity index (χ4n) is 6.27. The fourth-order valence-corrected chi connectivity index (χ4v) is 6.27. The van der Waals surface area contributed by atoms with Gasteiger partial charge in [0.25, 0.3) is 0 Å². The summed E-state index contributed by atoms with van der Waals surface area (Å²) in [5.74, 6) is 1.81. The predicted octanol–water partition coefficient (Wildman–Crippen LogP) is 7.12. The summed E-state index contributed by atoms with van der Waals surface area (Å²) in [6, 6.07) is 16.6. The van der Waals surface area contributed by atoms with Gasteiger partial charge in [-0.05, 0) is 93.6 Å². The third-order valence-electron chi connectivity index (χ3n) is 8.81. The largest absolute Gasteiger partial charge is 0.497 e. The smallest absolute Gasteiger partial charge is 0.238 e. The number of benzene rings is 2. The lowest BCUT2D eigenvalue weighted by Gasteiger charge is -2.41. The highest BCUT2D eigenvalue weighted by Gasteiger charge is 2.40. The number of likely N-dealkylation sites (tertiary alicyclic amines) is 2. The van der Waals surface area contributed by atoms with Crippen LogP contribution < -0.4 is 15.2 Å². The van der Waals surface area contributed by atoms with Crippen LogP contribution in [0.1, 0.15) is 63.5 Å². The van der Waals surface area contributed by atoms with Crippen LogP contribution >= 0.6 is 0 Å². The lowest BCUT2D eigenvalue weighted by Crippen LogP contribution is -2.43. The van der Waals surface area contributed by atoms with E-state index in [0.29, 0.717) is 0 Å². The average Bonchev–Trinajstić information content (AvgIpc) is 3.00. The zero-order valence-corrected chi connectivity index (χ0v) is 26.5. The van der Waals surface area contributed by atoms with E-state index in [1.165, 1.54) is 29.5 Å². The van der Waals surface area contributed by atoms with Crippen molar-refractivity contribution < 1.29 is 9.47 Å². The molecule has 2 aromatic rings. The topological polar surface area (TPSA) is 55.3 Å². The Bertz CT molecular complexity index is 1170. The molecule has 2 saturated heterocycles. The molecule has 0 radical (unpaired) electrons. The molecule has 0 saturated carbocycles. The van der Waals surface area contributed by atoms with E-state index in [1.807, 2.05) is 31.2 Å². The second-order valence-electron chi connectivity index (χ2n) is 12.6. The molecule has 4 rings (SSSR count). The lowest BCUT2D eigenvalue weighted by atomic mass is 9.74. The van der Waals surface area contributed by atoms with Gasteiger partial charge >= 0.3 is 0 Å². The van der Waals surface area contributed by atoms with Gasteiger partial charge in [-0.25, -0.2) is 6.57 Å². The van der Waals surface area contributed by atoms with Crippen LogP contribution in [0.4, 0.5) is 0 Å². The van der Waals surface area contributed by atoms with Gasteiger partial charge in [-0.15, -0.1) is 6.58 Å². The molecule has 0 amide bonds. The van der Waals surface area contributed by atoms with Crippen molar-refractivity contribution in [2.45, 2.75) is 71.0 Å². The molecule has 42 heavy (non-hydrogen) atoms. The summed E-state index contributed by atoms with van der Waals surface area (Å²) < 4.78 is 10.4. The lowest BCUT2D eigenvalue weighted by molar-refractivity contribution is 0.104. The van der Waals surface area contributed by atoms with Crippen molar-refractivity contribution in [3.05, 3.63) is 95.4 Å². The first-order valence-corrected chi connectivity index (χ1v) is 15.2. The molecule has 0 aromatic heterocycles. The summed E-state index contributed by atoms with van der Waals surface area (Å²) in [5.41, 5.74) is 11.1. The second-order valence-corrected chi connectivity index (χ2v) is 12.6. The van der Waals surface area contributed by atoms with E-state index < -0.39 is 0 Å². The molecule has 228 valence electrons. The van der Waals surface area contributed by atoms with Gasteiger partial charge in [0.15, 0.2) is 0 Å². The molecular formula is C36H52N4O2. The number of ether oxygens (including phenoxy) is 2. The summed E-state index contributed by atoms with van der Waals surface area (Å²) in [6.07, 6.45) is 6.14. The molecule has 0 spiro atoms. The van der Waals surface area contributed by atoms with Crippen molar-refractivity contribution in [1.82, 2.24) is 9.80 Å². The number of hydrogen-bond donors (Lipinski definition) is 1. The summed E-state index contributed by atoms with van der Waals surface area (Å²) in [5, 5.41) is 0. The van der Waals surface area contributed by atoms with E-state index in [1.54, 1.807) is 14.2 Å². The van der Waals surface area contributed by atoms with Crippen LogP contribution in [0.3, 0.4) is 0 Å². The number of nitrogens with two attached hydrogens (primary N) is 1. The Hall–Kier alpha value is -3.11. The number of piperidine rings is 2. The van der Waals surface area contributed by atoms with E-state index in [-0.39, 0.29) is 11.0 Å². The number of nitrogens with zero attached hydrogens (tertiary/aromatic N) is 3. The van der Waals surface area contributed by atoms with Gasteiger partial charge in [-0.1, -0.05) is 42.0 Å². The molecule has 2 aliphatic rings. The molecule has 0 aliphatic carbocycles. The minimum atomic E-state index is -0.206. The average molecular weight is 573 g/mol. The zero-order valence-electron chi connectivity index (χ0n) is 26.5. The molecule has 6 nitrogen and oxygen atoms in total. The molecular weight excluding hydrogens is 520 g/mol. The van der Waals surface area contributed by atoms with Crippen LogP contribution in [0.2, 0.25) is 0 Å². The Morgan fingerprint density at radius 3 is 1.50 bits per heavy atom. The maximum Gasteiger partial charge on any atom is 0.238 e. The molecule has 2 fully saturated rings. The molecule has 0 bridgehead atoms. The Morgan fingerprint density at radius 1 is 0.762 bits per heavy atom. The van der Waals surface area contributed by atoms with Crippen molar-refractivity contribution in [3.63, 3.8) is 0 Å². The highest BCUT2D eigenvalue weighted by molar-refractivity contribution is 5.28. The van der Waals surface area contributed by atoms with E-state index >= 15 is 0 Å². The van der Waals surface area contributed by atoms with E-state index in [9.17, 15) is 0 Å². The van der Waals surface area contributed by atoms with E-state index in [2.05, 4.69) is 59.0 Å². The van der Waals surface area contributed by atoms with Crippen molar-refractivity contribution in [1.29, 1.82) is 0 Å². The Balaban J connectivity index is 0.000000230. The van der Waals surface area contributed by atoms with Gasteiger partial charge in [0.1, 0.15) is 11.5 Å². The maximum atomic E-state index is 7.52. The zero-order chi connectivity index (χ0) is 30.6. The van der Waals surface area contributed by atoms with Crippen molar-refractivity contribution in [2.24, 2.45) is 11.1 Å². The third-order valence-corrected chi connectivity index (χ3v) is 8.81. The quantitative estimate of drug-likeness (QED) is 0.230. The van der Waals surface area contributed by atoms with Crippen LogP contribution in [0.15, 0.2) is 72.8 Å². The maximum absolute atomic E-state index is 7.52. The highest BCUT2D eigenvalue weighted by Crippen LogP contribution is 2.37. The normalized spacial score (nSPS) is 18.2. The molecule has 0 unspecified atom stereocenters. The standard InChI is InChI=1S/C18H24N2O.C18H28N2O/c1-15(2)13-18(19-3)9-11-20(12-10-18)14-16-5-7-17(21-4)8-6-16;1-15(2)12-18(14-19)8-10-20(11-9-18)13-16-4-6-17(21-3)7-5-16/h5-8H,1,9-14H2,2,4H3;4-7H,1,8-14,19H2,2-3H3. The van der Waals surface area contributed by atoms with Crippen LogP contribution in [0.5, 0.6) is 11.5 Å². The number of allylic oxidation sites excluding steroid dienone is 1. The van der Waals surface area contributed by atoms with E-state index in [4.69, 9.17) is 21.8 Å². The molecule has 2 aromatic carbocycles.